The smallest absolute Gasteiger partial charge is 0.316 e. The van der Waals surface area contributed by atoms with Crippen molar-refractivity contribution in [2.24, 2.45) is 5.73 Å². The van der Waals surface area contributed by atoms with Crippen molar-refractivity contribution in [2.75, 3.05) is 10.6 Å². The number of nitrogens with two attached hydrogens (primary N) is 1. The molecule has 0 saturated carbocycles. The Labute approximate surface area is 121 Å². The first-order valence-electron chi connectivity index (χ1n) is 6.54. The summed E-state index contributed by atoms with van der Waals surface area (Å²) in [6, 6.07) is 10.8. The van der Waals surface area contributed by atoms with Gasteiger partial charge >= 0.3 is 6.03 Å². The molecular weight excluding hydrogens is 266 g/mol. The van der Waals surface area contributed by atoms with E-state index in [0.29, 0.717) is 12.2 Å². The molecule has 0 saturated heterocycles. The quantitative estimate of drug-likeness (QED) is 0.592. The molecule has 0 fully saturated rings. The standard InChI is InChI=1S/C15H15N5O/c16-15(21)20-12-3-1-2-11(8-12)19-9-10-4-6-17-14-13(10)5-7-18-14/h1-8,19H,9H2,(H,17,18)(H3,16,20,21). The molecule has 0 aliphatic rings. The highest BCUT2D eigenvalue weighted by atomic mass is 16.2. The Kier molecular flexibility index (Phi) is 3.42. The number of urea groups is 1. The molecule has 2 aromatic heterocycles. The van der Waals surface area contributed by atoms with Crippen LogP contribution in [0, 0.1) is 0 Å². The number of carbonyl (C=O) groups is 1. The maximum atomic E-state index is 10.9. The van der Waals surface area contributed by atoms with Crippen LogP contribution < -0.4 is 16.4 Å². The number of aromatic nitrogens is 2. The first-order chi connectivity index (χ1) is 10.2. The number of rotatable bonds is 4. The number of H-pyrrole nitrogens is 1. The summed E-state index contributed by atoms with van der Waals surface area (Å²) < 4.78 is 0. The summed E-state index contributed by atoms with van der Waals surface area (Å²) in [5.41, 5.74) is 8.70. The molecule has 3 aromatic rings. The third-order valence-electron chi connectivity index (χ3n) is 3.16. The van der Waals surface area contributed by atoms with Gasteiger partial charge in [-0.1, -0.05) is 6.07 Å². The number of anilines is 2. The zero-order chi connectivity index (χ0) is 14.7. The van der Waals surface area contributed by atoms with Crippen LogP contribution in [-0.2, 0) is 6.54 Å². The van der Waals surface area contributed by atoms with Crippen LogP contribution in [0.2, 0.25) is 0 Å². The number of hydrogen-bond donors (Lipinski definition) is 4. The highest BCUT2D eigenvalue weighted by Crippen LogP contribution is 2.19. The van der Waals surface area contributed by atoms with E-state index >= 15 is 0 Å². The largest absolute Gasteiger partial charge is 0.381 e. The lowest BCUT2D eigenvalue weighted by Gasteiger charge is -2.09. The Bertz CT molecular complexity index is 780. The molecule has 106 valence electrons. The minimum absolute atomic E-state index is 0.574. The van der Waals surface area contributed by atoms with Gasteiger partial charge in [-0.05, 0) is 35.9 Å². The number of amides is 2. The van der Waals surface area contributed by atoms with Gasteiger partial charge in [0.2, 0.25) is 0 Å². The molecule has 2 heterocycles. The molecule has 0 bridgehead atoms. The second-order valence-electron chi connectivity index (χ2n) is 4.63. The van der Waals surface area contributed by atoms with Crippen molar-refractivity contribution in [1.82, 2.24) is 9.97 Å². The average molecular weight is 281 g/mol. The SMILES string of the molecule is NC(=O)Nc1cccc(NCc2ccnc3[nH]ccc23)c1. The zero-order valence-electron chi connectivity index (χ0n) is 11.3. The number of carbonyl (C=O) groups excluding carboxylic acids is 1. The Hall–Kier alpha value is -3.02. The van der Waals surface area contributed by atoms with E-state index in [0.717, 1.165) is 22.3 Å². The van der Waals surface area contributed by atoms with Crippen molar-refractivity contribution in [1.29, 1.82) is 0 Å². The van der Waals surface area contributed by atoms with E-state index in [4.69, 9.17) is 5.73 Å². The molecule has 1 aromatic carbocycles. The van der Waals surface area contributed by atoms with Crippen molar-refractivity contribution in [3.05, 3.63) is 54.4 Å². The average Bonchev–Trinajstić information content (AvgIpc) is 2.93. The minimum Gasteiger partial charge on any atom is -0.381 e. The second-order valence-corrected chi connectivity index (χ2v) is 4.63. The normalized spacial score (nSPS) is 10.5. The van der Waals surface area contributed by atoms with E-state index in [1.807, 2.05) is 36.5 Å². The number of aromatic amines is 1. The summed E-state index contributed by atoms with van der Waals surface area (Å²) in [6.07, 6.45) is 3.65. The van der Waals surface area contributed by atoms with Gasteiger partial charge in [0.1, 0.15) is 5.65 Å². The van der Waals surface area contributed by atoms with Crippen LogP contribution in [0.1, 0.15) is 5.56 Å². The fraction of sp³-hybridized carbons (Fsp3) is 0.0667. The van der Waals surface area contributed by atoms with Gasteiger partial charge in [0.05, 0.1) is 0 Å². The number of nitrogens with zero attached hydrogens (tertiary/aromatic N) is 1. The Morgan fingerprint density at radius 1 is 1.24 bits per heavy atom. The first kappa shape index (κ1) is 13.0. The monoisotopic (exact) mass is 281 g/mol. The van der Waals surface area contributed by atoms with Gasteiger partial charge in [-0.2, -0.15) is 0 Å². The summed E-state index contributed by atoms with van der Waals surface area (Å²) in [5.74, 6) is 0. The lowest BCUT2D eigenvalue weighted by Crippen LogP contribution is -2.19. The lowest BCUT2D eigenvalue weighted by atomic mass is 10.2. The fourth-order valence-electron chi connectivity index (χ4n) is 2.22. The van der Waals surface area contributed by atoms with Crippen LogP contribution >= 0.6 is 0 Å². The molecule has 21 heavy (non-hydrogen) atoms. The predicted octanol–water partition coefficient (Wildman–Crippen LogP) is 2.67. The van der Waals surface area contributed by atoms with E-state index in [1.165, 1.54) is 0 Å². The molecule has 0 aliphatic carbocycles. The van der Waals surface area contributed by atoms with Crippen LogP contribution in [0.3, 0.4) is 0 Å². The van der Waals surface area contributed by atoms with Gasteiger partial charge in [0.25, 0.3) is 0 Å². The molecule has 0 atom stereocenters. The molecule has 0 aliphatic heterocycles. The fourth-order valence-corrected chi connectivity index (χ4v) is 2.22. The maximum Gasteiger partial charge on any atom is 0.316 e. The predicted molar refractivity (Wildman–Crippen MR) is 83.1 cm³/mol. The summed E-state index contributed by atoms with van der Waals surface area (Å²) >= 11 is 0. The number of benzene rings is 1. The number of fused-ring (bicyclic) bond motifs is 1. The summed E-state index contributed by atoms with van der Waals surface area (Å²) in [6.45, 7) is 0.664. The Morgan fingerprint density at radius 2 is 2.10 bits per heavy atom. The van der Waals surface area contributed by atoms with Crippen molar-refractivity contribution < 1.29 is 4.79 Å². The van der Waals surface area contributed by atoms with Crippen molar-refractivity contribution in [3.8, 4) is 0 Å². The van der Waals surface area contributed by atoms with E-state index in [9.17, 15) is 4.79 Å². The number of primary amides is 1. The Morgan fingerprint density at radius 3 is 2.95 bits per heavy atom. The maximum absolute atomic E-state index is 10.9. The summed E-state index contributed by atoms with van der Waals surface area (Å²) in [7, 11) is 0. The van der Waals surface area contributed by atoms with Gasteiger partial charge < -0.3 is 21.4 Å². The number of nitrogens with one attached hydrogen (secondary N) is 3. The van der Waals surface area contributed by atoms with E-state index in [-0.39, 0.29) is 0 Å². The van der Waals surface area contributed by atoms with E-state index < -0.39 is 6.03 Å². The van der Waals surface area contributed by atoms with Gasteiger partial charge in [-0.15, -0.1) is 0 Å². The zero-order valence-corrected chi connectivity index (χ0v) is 11.3. The van der Waals surface area contributed by atoms with Crippen molar-refractivity contribution in [3.63, 3.8) is 0 Å². The number of pyridine rings is 1. The Balaban J connectivity index is 1.75. The molecule has 0 radical (unpaired) electrons. The third-order valence-corrected chi connectivity index (χ3v) is 3.16. The van der Waals surface area contributed by atoms with Crippen molar-refractivity contribution in [2.45, 2.75) is 6.54 Å². The van der Waals surface area contributed by atoms with Gasteiger partial charge in [0, 0.05) is 35.7 Å². The van der Waals surface area contributed by atoms with Crippen LogP contribution in [-0.4, -0.2) is 16.0 Å². The molecule has 6 nitrogen and oxygen atoms in total. The molecular formula is C15H15N5O. The molecule has 6 heteroatoms. The van der Waals surface area contributed by atoms with E-state index in [1.54, 1.807) is 12.3 Å². The van der Waals surface area contributed by atoms with Crippen LogP contribution in [0.15, 0.2) is 48.8 Å². The second kappa shape index (κ2) is 5.54. The van der Waals surface area contributed by atoms with Gasteiger partial charge in [-0.25, -0.2) is 9.78 Å². The topological polar surface area (TPSA) is 95.8 Å². The summed E-state index contributed by atoms with van der Waals surface area (Å²) in [5, 5.41) is 6.97. The first-order valence-corrected chi connectivity index (χ1v) is 6.54. The minimum atomic E-state index is -0.574. The highest BCUT2D eigenvalue weighted by molar-refractivity contribution is 5.88. The van der Waals surface area contributed by atoms with Gasteiger partial charge in [0.15, 0.2) is 0 Å². The van der Waals surface area contributed by atoms with Crippen LogP contribution in [0.25, 0.3) is 11.0 Å². The summed E-state index contributed by atoms with van der Waals surface area (Å²) in [4.78, 5) is 18.2. The van der Waals surface area contributed by atoms with Crippen LogP contribution in [0.5, 0.6) is 0 Å². The highest BCUT2D eigenvalue weighted by Gasteiger charge is 2.03. The molecule has 2 amide bonds. The third kappa shape index (κ3) is 2.94. The van der Waals surface area contributed by atoms with Crippen LogP contribution in [0.4, 0.5) is 16.2 Å². The van der Waals surface area contributed by atoms with E-state index in [2.05, 4.69) is 20.6 Å². The molecule has 0 spiro atoms. The molecule has 5 N–H and O–H groups in total. The lowest BCUT2D eigenvalue weighted by molar-refractivity contribution is 0.259. The van der Waals surface area contributed by atoms with Crippen molar-refractivity contribution >= 4 is 28.4 Å². The van der Waals surface area contributed by atoms with Gasteiger partial charge in [-0.3, -0.25) is 0 Å². The molecule has 0 unspecified atom stereocenters. The number of hydrogen-bond acceptors (Lipinski definition) is 3. The molecule has 3 rings (SSSR count).